The van der Waals surface area contributed by atoms with E-state index in [2.05, 4.69) is 10.3 Å². The van der Waals surface area contributed by atoms with Gasteiger partial charge >= 0.3 is 5.97 Å². The van der Waals surface area contributed by atoms with Crippen LogP contribution in [0.25, 0.3) is 0 Å². The van der Waals surface area contributed by atoms with Crippen LogP contribution in [0.15, 0.2) is 24.5 Å². The minimum absolute atomic E-state index is 0.466. The summed E-state index contributed by atoms with van der Waals surface area (Å²) in [6, 6.07) is 3.94. The van der Waals surface area contributed by atoms with Gasteiger partial charge in [0.1, 0.15) is 0 Å². The summed E-state index contributed by atoms with van der Waals surface area (Å²) in [5, 5.41) is 12.6. The van der Waals surface area contributed by atoms with E-state index in [4.69, 9.17) is 0 Å². The molecule has 1 aromatic heterocycles. The summed E-state index contributed by atoms with van der Waals surface area (Å²) >= 11 is 0. The highest BCUT2D eigenvalue weighted by atomic mass is 16.4. The zero-order valence-electron chi connectivity index (χ0n) is 11.5. The number of hydrogen-bond donors (Lipinski definition) is 2. The molecule has 0 saturated heterocycles. The van der Waals surface area contributed by atoms with Crippen LogP contribution >= 0.6 is 0 Å². The van der Waals surface area contributed by atoms with Gasteiger partial charge in [-0.05, 0) is 58.4 Å². The molecule has 0 aliphatic carbocycles. The fourth-order valence-corrected chi connectivity index (χ4v) is 1.56. The monoisotopic (exact) mass is 250 g/mol. The fourth-order valence-electron chi connectivity index (χ4n) is 1.56. The van der Waals surface area contributed by atoms with Crippen molar-refractivity contribution in [1.82, 2.24) is 10.3 Å². The number of carbonyl (C=O) groups is 1. The van der Waals surface area contributed by atoms with Gasteiger partial charge in [0, 0.05) is 17.9 Å². The number of nitrogens with one attached hydrogen (secondary N) is 1. The molecule has 4 nitrogen and oxygen atoms in total. The first-order valence-corrected chi connectivity index (χ1v) is 6.15. The number of pyridine rings is 1. The molecule has 0 bridgehead atoms. The smallest absolute Gasteiger partial charge is 0.310 e. The molecular formula is C14H22N2O2. The van der Waals surface area contributed by atoms with Gasteiger partial charge in [-0.15, -0.1) is 0 Å². The van der Waals surface area contributed by atoms with Crippen LogP contribution < -0.4 is 5.32 Å². The van der Waals surface area contributed by atoms with Crippen LogP contribution in [0.4, 0.5) is 0 Å². The second-order valence-electron chi connectivity index (χ2n) is 5.59. The first-order chi connectivity index (χ1) is 8.27. The maximum atomic E-state index is 11.3. The summed E-state index contributed by atoms with van der Waals surface area (Å²) < 4.78 is 0. The summed E-state index contributed by atoms with van der Waals surface area (Å²) in [6.07, 6.45) is 4.39. The lowest BCUT2D eigenvalue weighted by atomic mass is 9.74. The van der Waals surface area contributed by atoms with E-state index in [0.29, 0.717) is 0 Å². The summed E-state index contributed by atoms with van der Waals surface area (Å²) in [7, 11) is 0. The Bertz CT molecular complexity index is 400. The van der Waals surface area contributed by atoms with Gasteiger partial charge in [-0.1, -0.05) is 0 Å². The first kappa shape index (κ1) is 14.6. The minimum Gasteiger partial charge on any atom is -0.481 e. The van der Waals surface area contributed by atoms with Gasteiger partial charge in [0.15, 0.2) is 0 Å². The maximum absolute atomic E-state index is 11.3. The molecule has 0 fully saturated rings. The highest BCUT2D eigenvalue weighted by Gasteiger charge is 2.42. The molecule has 0 amide bonds. The first-order valence-electron chi connectivity index (χ1n) is 6.15. The third-order valence-corrected chi connectivity index (χ3v) is 3.83. The van der Waals surface area contributed by atoms with Crippen molar-refractivity contribution in [3.05, 3.63) is 30.1 Å². The Morgan fingerprint density at radius 2 is 1.83 bits per heavy atom. The van der Waals surface area contributed by atoms with Crippen LogP contribution in [-0.4, -0.2) is 28.1 Å². The van der Waals surface area contributed by atoms with Crippen LogP contribution in [-0.2, 0) is 11.2 Å². The van der Waals surface area contributed by atoms with Gasteiger partial charge in [0.2, 0.25) is 0 Å². The summed E-state index contributed by atoms with van der Waals surface area (Å²) in [5.41, 5.74) is -0.0849. The molecule has 0 aliphatic rings. The van der Waals surface area contributed by atoms with Gasteiger partial charge in [-0.25, -0.2) is 0 Å². The average molecular weight is 250 g/mol. The Kier molecular flexibility index (Phi) is 4.46. The van der Waals surface area contributed by atoms with E-state index in [1.54, 1.807) is 26.2 Å². The Labute approximate surface area is 108 Å². The summed E-state index contributed by atoms with van der Waals surface area (Å²) in [6.45, 7) is 8.08. The number of aromatic nitrogens is 1. The molecule has 4 heteroatoms. The van der Waals surface area contributed by atoms with Crippen LogP contribution in [0.1, 0.15) is 33.3 Å². The second-order valence-corrected chi connectivity index (χ2v) is 5.59. The highest BCUT2D eigenvalue weighted by molar-refractivity contribution is 5.75. The number of carboxylic acid groups (broad SMARTS) is 1. The van der Waals surface area contributed by atoms with E-state index >= 15 is 0 Å². The van der Waals surface area contributed by atoms with Crippen molar-refractivity contribution in [2.75, 3.05) is 6.54 Å². The number of carboxylic acids is 1. The number of hydrogen-bond acceptors (Lipinski definition) is 3. The van der Waals surface area contributed by atoms with Crippen molar-refractivity contribution in [2.24, 2.45) is 5.41 Å². The lowest BCUT2D eigenvalue weighted by Gasteiger charge is -2.39. The molecule has 0 aliphatic heterocycles. The SMILES string of the molecule is CC(C)(NCCc1ccncc1)C(C)(C)C(=O)O. The fraction of sp³-hybridized carbons (Fsp3) is 0.571. The maximum Gasteiger partial charge on any atom is 0.310 e. The van der Waals surface area contributed by atoms with Crippen molar-refractivity contribution in [2.45, 2.75) is 39.7 Å². The van der Waals surface area contributed by atoms with Crippen LogP contribution in [0.5, 0.6) is 0 Å². The van der Waals surface area contributed by atoms with E-state index in [1.165, 1.54) is 5.56 Å². The molecule has 1 aromatic rings. The van der Waals surface area contributed by atoms with E-state index < -0.39 is 16.9 Å². The predicted octanol–water partition coefficient (Wildman–Crippen LogP) is 2.10. The molecule has 0 atom stereocenters. The van der Waals surface area contributed by atoms with Crippen molar-refractivity contribution in [3.63, 3.8) is 0 Å². The standard InChI is InChI=1S/C14H22N2O2/c1-13(2,12(17)18)14(3,4)16-10-7-11-5-8-15-9-6-11/h5-6,8-9,16H,7,10H2,1-4H3,(H,17,18). The average Bonchev–Trinajstić information content (AvgIpc) is 2.29. The molecule has 0 radical (unpaired) electrons. The van der Waals surface area contributed by atoms with Gasteiger partial charge in [-0.2, -0.15) is 0 Å². The number of nitrogens with zero attached hydrogens (tertiary/aromatic N) is 1. The van der Waals surface area contributed by atoms with Gasteiger partial charge < -0.3 is 10.4 Å². The molecule has 2 N–H and O–H groups in total. The minimum atomic E-state index is -0.814. The number of rotatable bonds is 6. The zero-order valence-corrected chi connectivity index (χ0v) is 11.5. The lowest BCUT2D eigenvalue weighted by Crippen LogP contribution is -2.55. The van der Waals surface area contributed by atoms with E-state index in [0.717, 1.165) is 13.0 Å². The molecule has 1 rings (SSSR count). The van der Waals surface area contributed by atoms with E-state index in [9.17, 15) is 9.90 Å². The largest absolute Gasteiger partial charge is 0.481 e. The molecule has 0 aromatic carbocycles. The zero-order chi connectivity index (χ0) is 13.8. The molecule has 1 heterocycles. The molecule has 100 valence electrons. The Balaban J connectivity index is 2.55. The molecular weight excluding hydrogens is 228 g/mol. The Morgan fingerprint density at radius 3 is 2.33 bits per heavy atom. The van der Waals surface area contributed by atoms with Crippen LogP contribution in [0.2, 0.25) is 0 Å². The topological polar surface area (TPSA) is 62.2 Å². The molecule has 0 unspecified atom stereocenters. The predicted molar refractivity (Wildman–Crippen MR) is 71.4 cm³/mol. The molecule has 18 heavy (non-hydrogen) atoms. The van der Waals surface area contributed by atoms with Crippen molar-refractivity contribution >= 4 is 5.97 Å². The second kappa shape index (κ2) is 5.48. The van der Waals surface area contributed by atoms with E-state index in [1.807, 2.05) is 26.0 Å². The van der Waals surface area contributed by atoms with Crippen LogP contribution in [0.3, 0.4) is 0 Å². The molecule has 0 saturated carbocycles. The summed E-state index contributed by atoms with van der Waals surface area (Å²) in [4.78, 5) is 15.2. The summed E-state index contributed by atoms with van der Waals surface area (Å²) in [5.74, 6) is -0.788. The van der Waals surface area contributed by atoms with Crippen molar-refractivity contribution in [1.29, 1.82) is 0 Å². The van der Waals surface area contributed by atoms with Gasteiger partial charge in [0.05, 0.1) is 5.41 Å². The number of aliphatic carboxylic acids is 1. The highest BCUT2D eigenvalue weighted by Crippen LogP contribution is 2.30. The quantitative estimate of drug-likeness (QED) is 0.811. The third kappa shape index (κ3) is 3.29. The normalized spacial score (nSPS) is 12.4. The van der Waals surface area contributed by atoms with Gasteiger partial charge in [0.25, 0.3) is 0 Å². The van der Waals surface area contributed by atoms with E-state index in [-0.39, 0.29) is 0 Å². The van der Waals surface area contributed by atoms with Crippen molar-refractivity contribution < 1.29 is 9.90 Å². The molecule has 0 spiro atoms. The third-order valence-electron chi connectivity index (χ3n) is 3.83. The Hall–Kier alpha value is -1.42. The lowest BCUT2D eigenvalue weighted by molar-refractivity contribution is -0.151. The van der Waals surface area contributed by atoms with Crippen LogP contribution in [0, 0.1) is 5.41 Å². The van der Waals surface area contributed by atoms with Crippen molar-refractivity contribution in [3.8, 4) is 0 Å². The van der Waals surface area contributed by atoms with Gasteiger partial charge in [-0.3, -0.25) is 9.78 Å². The Morgan fingerprint density at radius 1 is 1.28 bits per heavy atom.